The first-order valence-corrected chi connectivity index (χ1v) is 31.7. The Labute approximate surface area is 540 Å². The summed E-state index contributed by atoms with van der Waals surface area (Å²) < 4.78 is 36.4. The van der Waals surface area contributed by atoms with E-state index in [1.165, 1.54) is 23.9 Å². The molecule has 34 nitrogen and oxygen atoms in total. The number of hydrogen-bond acceptors (Lipinski definition) is 19. The second-order valence-corrected chi connectivity index (χ2v) is 23.6. The number of aromatic amines is 1. The third-order valence-corrected chi connectivity index (χ3v) is 15.3. The van der Waals surface area contributed by atoms with Crippen LogP contribution in [0.2, 0.25) is 0 Å². The van der Waals surface area contributed by atoms with Crippen molar-refractivity contribution in [3.63, 3.8) is 0 Å². The van der Waals surface area contributed by atoms with Crippen LogP contribution in [0, 0.1) is 0 Å². The summed E-state index contributed by atoms with van der Waals surface area (Å²) in [6.07, 6.45) is -2.72. The number of hydrogen-bond donors (Lipinski definition) is 17. The Morgan fingerprint density at radius 2 is 1.14 bits per heavy atom. The number of aliphatic carboxylic acids is 2. The minimum Gasteiger partial charge on any atom is -0.481 e. The molecule has 4 aromatic rings. The first-order chi connectivity index (χ1) is 44.4. The molecule has 10 atom stereocenters. The highest BCUT2D eigenvalue weighted by Gasteiger charge is 2.37. The molecular formula is C58H73N13O21S2. The number of para-hydroxylation sites is 1. The highest BCUT2D eigenvalue weighted by molar-refractivity contribution is 7.98. The highest BCUT2D eigenvalue weighted by atomic mass is 32.3. The third-order valence-electron chi connectivity index (χ3n) is 14.3. The van der Waals surface area contributed by atoms with Crippen LogP contribution in [0.5, 0.6) is 5.75 Å². The number of aliphatic hydroxyl groups is 1. The number of thioether (sulfide) groups is 1. The van der Waals surface area contributed by atoms with Gasteiger partial charge < -0.3 is 89.1 Å². The van der Waals surface area contributed by atoms with Crippen LogP contribution >= 0.6 is 11.8 Å². The average molecular weight is 1350 g/mol. The molecule has 5 rings (SSSR count). The van der Waals surface area contributed by atoms with E-state index in [0.717, 1.165) is 19.1 Å². The van der Waals surface area contributed by atoms with Gasteiger partial charge in [0, 0.05) is 49.2 Å². The van der Waals surface area contributed by atoms with Crippen molar-refractivity contribution in [2.45, 2.75) is 132 Å². The van der Waals surface area contributed by atoms with E-state index in [0.29, 0.717) is 22.0 Å². The van der Waals surface area contributed by atoms with Gasteiger partial charge in [-0.25, -0.2) is 0 Å². The van der Waals surface area contributed by atoms with Crippen LogP contribution in [-0.4, -0.2) is 195 Å². The second-order valence-electron chi connectivity index (χ2n) is 21.6. The van der Waals surface area contributed by atoms with E-state index >= 15 is 0 Å². The van der Waals surface area contributed by atoms with Gasteiger partial charge in [0.25, 0.3) is 0 Å². The molecule has 1 unspecified atom stereocenters. The van der Waals surface area contributed by atoms with Crippen molar-refractivity contribution < 1.29 is 99.6 Å². The molecule has 3 aromatic carbocycles. The molecular weight excluding hydrogens is 1280 g/mol. The second kappa shape index (κ2) is 35.6. The monoisotopic (exact) mass is 1350 g/mol. The van der Waals surface area contributed by atoms with Crippen LogP contribution in [0.15, 0.2) is 85.1 Å². The predicted molar refractivity (Wildman–Crippen MR) is 331 cm³/mol. The maximum Gasteiger partial charge on any atom is 0.446 e. The molecule has 19 N–H and O–H groups in total. The zero-order chi connectivity index (χ0) is 69.4. The topological polar surface area (TPSA) is 551 Å². The largest absolute Gasteiger partial charge is 0.481 e. The van der Waals surface area contributed by atoms with E-state index in [9.17, 15) is 90.9 Å². The first kappa shape index (κ1) is 74.5. The van der Waals surface area contributed by atoms with Gasteiger partial charge in [-0.05, 0) is 73.1 Å². The van der Waals surface area contributed by atoms with Crippen LogP contribution in [0.3, 0.4) is 0 Å². The summed E-state index contributed by atoms with van der Waals surface area (Å²) in [4.78, 5) is 188. The molecule has 1 aliphatic heterocycles. The molecule has 0 saturated carbocycles. The zero-order valence-corrected chi connectivity index (χ0v) is 52.2. The summed E-state index contributed by atoms with van der Waals surface area (Å²) in [6.45, 7) is 0.0728. The SMILES string of the molecule is CSCC[C@H](NC(=O)[C@H](Cc1c[nH]c2ccccc12)NC(=O)CNC(=O)[C@@H](NC(=O)[C@H](Cc1ccc(OS(=O)(=O)O)cc1)NC(=O)[C@H](CC(=O)O)NC(=O)[C@H](CCC(N)=O)NC(=O)[C@@H]1CCC(=O)N1)C(C)O)C(=O)N[C@@H](CC(=O)O)C(=O)N[C@@H](Cc1ccccc1)C(N)=O. The van der Waals surface area contributed by atoms with Crippen molar-refractivity contribution >= 4 is 116 Å². The fourth-order valence-corrected chi connectivity index (χ4v) is 10.3. The van der Waals surface area contributed by atoms with Gasteiger partial charge in [0.2, 0.25) is 70.9 Å². The number of primary amides is 2. The van der Waals surface area contributed by atoms with Crippen LogP contribution in [-0.2, 0) is 96.8 Å². The maximum absolute atomic E-state index is 14.5. The predicted octanol–water partition coefficient (Wildman–Crippen LogP) is -4.52. The fraction of sp³-hybridized carbons (Fsp3) is 0.414. The van der Waals surface area contributed by atoms with Gasteiger partial charge in [-0.2, -0.15) is 20.2 Å². The third kappa shape index (κ3) is 24.4. The Morgan fingerprint density at radius 3 is 1.69 bits per heavy atom. The smallest absolute Gasteiger partial charge is 0.446 e. The van der Waals surface area contributed by atoms with Gasteiger partial charge in [-0.1, -0.05) is 60.7 Å². The number of carboxylic acid groups (broad SMARTS) is 2. The Morgan fingerprint density at radius 1 is 0.628 bits per heavy atom. The summed E-state index contributed by atoms with van der Waals surface area (Å²) in [6, 6.07) is 4.78. The molecule has 508 valence electrons. The van der Waals surface area contributed by atoms with Crippen molar-refractivity contribution in [2.75, 3.05) is 18.6 Å². The molecule has 36 heteroatoms. The summed E-state index contributed by atoms with van der Waals surface area (Å²) in [7, 11) is -5.02. The normalized spacial score (nSPS) is 15.6. The van der Waals surface area contributed by atoms with E-state index in [-0.39, 0.29) is 43.4 Å². The van der Waals surface area contributed by atoms with Crippen LogP contribution < -0.4 is 68.8 Å². The van der Waals surface area contributed by atoms with E-state index in [1.54, 1.807) is 67.0 Å². The van der Waals surface area contributed by atoms with Gasteiger partial charge in [-0.3, -0.25) is 71.7 Å². The van der Waals surface area contributed by atoms with E-state index in [2.05, 4.69) is 62.3 Å². The molecule has 0 radical (unpaired) electrons. The number of fused-ring (bicyclic) bond motifs is 1. The van der Waals surface area contributed by atoms with Gasteiger partial charge in [0.05, 0.1) is 25.5 Å². The molecule has 0 bridgehead atoms. The number of aromatic nitrogens is 1. The van der Waals surface area contributed by atoms with Crippen LogP contribution in [0.25, 0.3) is 10.9 Å². The lowest BCUT2D eigenvalue weighted by molar-refractivity contribution is -0.142. The van der Waals surface area contributed by atoms with E-state index in [4.69, 9.17) is 16.0 Å². The minimum atomic E-state index is -5.02. The van der Waals surface area contributed by atoms with Crippen molar-refractivity contribution in [1.29, 1.82) is 0 Å². The molecule has 12 amide bonds. The molecule has 1 aliphatic rings. The number of nitrogens with two attached hydrogens (primary N) is 2. The summed E-state index contributed by atoms with van der Waals surface area (Å²) in [5.74, 6) is -15.9. The highest BCUT2D eigenvalue weighted by Crippen LogP contribution is 2.21. The number of rotatable bonds is 38. The van der Waals surface area contributed by atoms with Gasteiger partial charge in [0.15, 0.2) is 0 Å². The zero-order valence-electron chi connectivity index (χ0n) is 50.5. The molecule has 0 aliphatic carbocycles. The number of carboxylic acids is 2. The lowest BCUT2D eigenvalue weighted by Crippen LogP contribution is -2.61. The molecule has 1 fully saturated rings. The number of nitrogens with one attached hydrogen (secondary N) is 11. The summed E-state index contributed by atoms with van der Waals surface area (Å²) in [5, 5.41) is 54.6. The Bertz CT molecular complexity index is 3560. The Hall–Kier alpha value is -10.2. The number of carbonyl (C=O) groups excluding carboxylic acids is 12. The minimum absolute atomic E-state index is 0.0226. The van der Waals surface area contributed by atoms with Crippen molar-refractivity contribution in [1.82, 2.24) is 58.2 Å². The van der Waals surface area contributed by atoms with Crippen molar-refractivity contribution in [2.24, 2.45) is 11.5 Å². The fourth-order valence-electron chi connectivity index (χ4n) is 9.50. The first-order valence-electron chi connectivity index (χ1n) is 28.9. The van der Waals surface area contributed by atoms with Gasteiger partial charge >= 0.3 is 22.3 Å². The Balaban J connectivity index is 1.36. The lowest BCUT2D eigenvalue weighted by Gasteiger charge is -2.27. The molecule has 0 spiro atoms. The van der Waals surface area contributed by atoms with Gasteiger partial charge in [-0.15, -0.1) is 0 Å². The van der Waals surface area contributed by atoms with Crippen molar-refractivity contribution in [3.8, 4) is 5.75 Å². The molecule has 94 heavy (non-hydrogen) atoms. The summed E-state index contributed by atoms with van der Waals surface area (Å²) in [5.41, 5.74) is 12.6. The van der Waals surface area contributed by atoms with Crippen LogP contribution in [0.4, 0.5) is 0 Å². The standard InChI is InChI=1S/C58H73N13O21S2/c1-29(72)49(71-57(87)40(23-31-12-14-33(15-13-31)92-94(89,90)91)68-56(86)43(26-48(78)79)69-52(82)37(16-18-44(59)73)65-51(81)36-17-19-45(74)63-36)58(88)62-28-46(75)64-41(24-32-27-61-35-11-7-6-10-34(32)35)54(84)66-38(20-21-93-2)53(83)70-42(25-47(76)77)55(85)67-39(50(60)80)22-30-8-4-3-5-9-30/h3-15,27,29,36-43,49,61,72H,16-26,28H2,1-2H3,(H2,59,73)(H2,60,80)(H,62,88)(H,63,74)(H,64,75)(H,65,81)(H,66,84)(H,67,85)(H,68,86)(H,69,82)(H,70,83)(H,71,87)(H,76,77)(H,78,79)(H,89,90,91)/t29?,36-,37-,38-,39-,40-,41-,42-,43-,49-/m0/s1. The number of aliphatic hydroxyl groups excluding tert-OH is 1. The quantitative estimate of drug-likeness (QED) is 0.0188. The molecule has 2 heterocycles. The Kier molecular flexibility index (Phi) is 28.2. The molecule has 1 aromatic heterocycles. The van der Waals surface area contributed by atoms with Crippen molar-refractivity contribution in [3.05, 3.63) is 102 Å². The number of benzene rings is 3. The van der Waals surface area contributed by atoms with E-state index < -0.39 is 198 Å². The maximum atomic E-state index is 14.5. The summed E-state index contributed by atoms with van der Waals surface area (Å²) >= 11 is 1.26. The van der Waals surface area contributed by atoms with E-state index in [1.807, 2.05) is 0 Å². The lowest BCUT2D eigenvalue weighted by atomic mass is 10.0. The number of carbonyl (C=O) groups is 14. The number of amides is 12. The number of H-pyrrole nitrogens is 1. The van der Waals surface area contributed by atoms with Gasteiger partial charge in [0.1, 0.15) is 60.1 Å². The average Bonchev–Trinajstić information content (AvgIpc) is 1.51. The van der Waals surface area contributed by atoms with Crippen LogP contribution in [0.1, 0.15) is 68.6 Å². The molecule has 1 saturated heterocycles.